The zero-order chi connectivity index (χ0) is 9.68. The van der Waals surface area contributed by atoms with E-state index >= 15 is 0 Å². The van der Waals surface area contributed by atoms with Gasteiger partial charge in [0.2, 0.25) is 0 Å². The normalized spacial score (nSPS) is 26.4. The third-order valence-electron chi connectivity index (χ3n) is 2.31. The molecule has 0 amide bonds. The van der Waals surface area contributed by atoms with Crippen molar-refractivity contribution in [2.24, 2.45) is 0 Å². The van der Waals surface area contributed by atoms with Gasteiger partial charge in [-0.05, 0) is 26.2 Å². The SMILES string of the molecule is C[C@H](NC1CCCOCC1)C(=O)O. The Balaban J connectivity index is 2.29. The Labute approximate surface area is 78.3 Å². The fourth-order valence-corrected chi connectivity index (χ4v) is 1.50. The van der Waals surface area contributed by atoms with Crippen LogP contribution in [0.25, 0.3) is 0 Å². The average Bonchev–Trinajstić information content (AvgIpc) is 2.32. The Kier molecular flexibility index (Phi) is 4.18. The Bertz CT molecular complexity index is 164. The van der Waals surface area contributed by atoms with E-state index in [4.69, 9.17) is 9.84 Å². The lowest BCUT2D eigenvalue weighted by Crippen LogP contribution is -2.41. The van der Waals surface area contributed by atoms with Crippen molar-refractivity contribution in [3.8, 4) is 0 Å². The lowest BCUT2D eigenvalue weighted by Gasteiger charge is -2.18. The second kappa shape index (κ2) is 5.19. The molecule has 1 saturated heterocycles. The smallest absolute Gasteiger partial charge is 0.320 e. The molecule has 0 aliphatic carbocycles. The molecule has 0 aromatic heterocycles. The van der Waals surface area contributed by atoms with Gasteiger partial charge in [-0.2, -0.15) is 0 Å². The van der Waals surface area contributed by atoms with Gasteiger partial charge in [0.1, 0.15) is 6.04 Å². The lowest BCUT2D eigenvalue weighted by atomic mass is 10.1. The molecule has 4 nitrogen and oxygen atoms in total. The summed E-state index contributed by atoms with van der Waals surface area (Å²) in [4.78, 5) is 10.6. The first-order valence-electron chi connectivity index (χ1n) is 4.76. The first-order valence-corrected chi connectivity index (χ1v) is 4.76. The van der Waals surface area contributed by atoms with Crippen molar-refractivity contribution in [1.82, 2.24) is 5.32 Å². The van der Waals surface area contributed by atoms with Crippen molar-refractivity contribution >= 4 is 5.97 Å². The zero-order valence-corrected chi connectivity index (χ0v) is 7.95. The van der Waals surface area contributed by atoms with Crippen molar-refractivity contribution in [3.63, 3.8) is 0 Å². The standard InChI is InChI=1S/C9H17NO3/c1-7(9(11)12)10-8-3-2-5-13-6-4-8/h7-8,10H,2-6H2,1H3,(H,11,12)/t7-,8?/m0/s1. The molecule has 2 N–H and O–H groups in total. The van der Waals surface area contributed by atoms with E-state index < -0.39 is 12.0 Å². The Hall–Kier alpha value is -0.610. The van der Waals surface area contributed by atoms with Crippen LogP contribution in [0.5, 0.6) is 0 Å². The van der Waals surface area contributed by atoms with E-state index in [1.807, 2.05) is 0 Å². The van der Waals surface area contributed by atoms with Crippen LogP contribution in [-0.4, -0.2) is 36.4 Å². The Morgan fingerprint density at radius 3 is 3.00 bits per heavy atom. The molecule has 13 heavy (non-hydrogen) atoms. The van der Waals surface area contributed by atoms with Gasteiger partial charge in [0.15, 0.2) is 0 Å². The van der Waals surface area contributed by atoms with Crippen LogP contribution < -0.4 is 5.32 Å². The van der Waals surface area contributed by atoms with Crippen molar-refractivity contribution < 1.29 is 14.6 Å². The quantitative estimate of drug-likeness (QED) is 0.680. The van der Waals surface area contributed by atoms with E-state index in [2.05, 4.69) is 5.32 Å². The predicted molar refractivity (Wildman–Crippen MR) is 48.7 cm³/mol. The molecule has 4 heteroatoms. The monoisotopic (exact) mass is 187 g/mol. The van der Waals surface area contributed by atoms with Crippen molar-refractivity contribution in [1.29, 1.82) is 0 Å². The van der Waals surface area contributed by atoms with E-state index in [1.165, 1.54) is 0 Å². The van der Waals surface area contributed by atoms with Crippen molar-refractivity contribution in [3.05, 3.63) is 0 Å². The summed E-state index contributed by atoms with van der Waals surface area (Å²) in [5.41, 5.74) is 0. The highest BCUT2D eigenvalue weighted by Gasteiger charge is 2.17. The van der Waals surface area contributed by atoms with Gasteiger partial charge >= 0.3 is 5.97 Å². The molecular formula is C9H17NO3. The molecule has 76 valence electrons. The fourth-order valence-electron chi connectivity index (χ4n) is 1.50. The summed E-state index contributed by atoms with van der Waals surface area (Å²) in [5, 5.41) is 11.8. The molecule has 1 rings (SSSR count). The summed E-state index contributed by atoms with van der Waals surface area (Å²) in [6, 6.07) is -0.156. The van der Waals surface area contributed by atoms with Crippen LogP contribution in [0, 0.1) is 0 Å². The number of carboxylic acid groups (broad SMARTS) is 1. The van der Waals surface area contributed by atoms with Crippen molar-refractivity contribution in [2.75, 3.05) is 13.2 Å². The lowest BCUT2D eigenvalue weighted by molar-refractivity contribution is -0.139. The van der Waals surface area contributed by atoms with Crippen LogP contribution in [0.3, 0.4) is 0 Å². The molecule has 1 fully saturated rings. The van der Waals surface area contributed by atoms with Crippen LogP contribution in [0.4, 0.5) is 0 Å². The van der Waals surface area contributed by atoms with Gasteiger partial charge in [0.05, 0.1) is 0 Å². The Morgan fingerprint density at radius 1 is 1.54 bits per heavy atom. The summed E-state index contributed by atoms with van der Waals surface area (Å²) >= 11 is 0. The summed E-state index contributed by atoms with van der Waals surface area (Å²) in [5.74, 6) is -0.787. The maximum absolute atomic E-state index is 10.6. The van der Waals surface area contributed by atoms with Gasteiger partial charge in [-0.3, -0.25) is 4.79 Å². The fraction of sp³-hybridized carbons (Fsp3) is 0.889. The number of nitrogens with one attached hydrogen (secondary N) is 1. The summed E-state index contributed by atoms with van der Waals surface area (Å²) in [6.45, 7) is 3.22. The molecule has 0 bridgehead atoms. The second-order valence-electron chi connectivity index (χ2n) is 3.47. The highest BCUT2D eigenvalue weighted by atomic mass is 16.5. The second-order valence-corrected chi connectivity index (χ2v) is 3.47. The first-order chi connectivity index (χ1) is 6.20. The van der Waals surface area contributed by atoms with Crippen LogP contribution in [0.15, 0.2) is 0 Å². The molecule has 0 radical (unpaired) electrons. The number of ether oxygens (including phenoxy) is 1. The van der Waals surface area contributed by atoms with E-state index in [0.717, 1.165) is 32.5 Å². The predicted octanol–water partition coefficient (Wildman–Crippen LogP) is 0.618. The molecule has 0 saturated carbocycles. The number of rotatable bonds is 3. The van der Waals surface area contributed by atoms with Gasteiger partial charge in [0.25, 0.3) is 0 Å². The number of hydrogen-bond donors (Lipinski definition) is 2. The molecule has 1 aliphatic heterocycles. The minimum Gasteiger partial charge on any atom is -0.480 e. The van der Waals surface area contributed by atoms with Crippen LogP contribution in [-0.2, 0) is 9.53 Å². The number of hydrogen-bond acceptors (Lipinski definition) is 3. The van der Waals surface area contributed by atoms with E-state index in [-0.39, 0.29) is 0 Å². The molecule has 0 aromatic rings. The van der Waals surface area contributed by atoms with Gasteiger partial charge in [-0.25, -0.2) is 0 Å². The molecule has 0 aromatic carbocycles. The van der Waals surface area contributed by atoms with E-state index in [1.54, 1.807) is 6.92 Å². The molecule has 1 aliphatic rings. The number of carbonyl (C=O) groups is 1. The van der Waals surface area contributed by atoms with E-state index in [9.17, 15) is 4.79 Å². The maximum atomic E-state index is 10.6. The van der Waals surface area contributed by atoms with Gasteiger partial charge in [-0.1, -0.05) is 0 Å². The summed E-state index contributed by atoms with van der Waals surface area (Å²) < 4.78 is 5.28. The average molecular weight is 187 g/mol. The molecule has 1 heterocycles. The minimum atomic E-state index is -0.787. The number of carboxylic acids is 1. The summed E-state index contributed by atoms with van der Waals surface area (Å²) in [7, 11) is 0. The Morgan fingerprint density at radius 2 is 2.31 bits per heavy atom. The van der Waals surface area contributed by atoms with Gasteiger partial charge < -0.3 is 15.2 Å². The minimum absolute atomic E-state index is 0.300. The highest BCUT2D eigenvalue weighted by Crippen LogP contribution is 2.08. The number of aliphatic carboxylic acids is 1. The maximum Gasteiger partial charge on any atom is 0.320 e. The molecular weight excluding hydrogens is 170 g/mol. The van der Waals surface area contributed by atoms with Gasteiger partial charge in [-0.15, -0.1) is 0 Å². The molecule has 2 atom stereocenters. The van der Waals surface area contributed by atoms with Crippen molar-refractivity contribution in [2.45, 2.75) is 38.3 Å². The topological polar surface area (TPSA) is 58.6 Å². The third kappa shape index (κ3) is 3.74. The van der Waals surface area contributed by atoms with E-state index in [0.29, 0.717) is 6.04 Å². The highest BCUT2D eigenvalue weighted by molar-refractivity contribution is 5.72. The van der Waals surface area contributed by atoms with Gasteiger partial charge in [0, 0.05) is 19.3 Å². The first kappa shape index (κ1) is 10.5. The molecule has 0 spiro atoms. The zero-order valence-electron chi connectivity index (χ0n) is 7.95. The largest absolute Gasteiger partial charge is 0.480 e. The molecule has 1 unspecified atom stereocenters. The summed E-state index contributed by atoms with van der Waals surface area (Å²) in [6.07, 6.45) is 2.94. The van der Waals surface area contributed by atoms with Crippen LogP contribution >= 0.6 is 0 Å². The third-order valence-corrected chi connectivity index (χ3v) is 2.31. The van der Waals surface area contributed by atoms with Crippen LogP contribution in [0.2, 0.25) is 0 Å². The van der Waals surface area contributed by atoms with Crippen LogP contribution in [0.1, 0.15) is 26.2 Å².